The molecule has 3 aromatic rings. The zero-order valence-corrected chi connectivity index (χ0v) is 9.87. The molecule has 90 valence electrons. The molecule has 0 radical (unpaired) electrons. The summed E-state index contributed by atoms with van der Waals surface area (Å²) in [5, 5.41) is 4.16. The van der Waals surface area contributed by atoms with Gasteiger partial charge in [0.2, 0.25) is 0 Å². The van der Waals surface area contributed by atoms with Crippen molar-refractivity contribution in [2.75, 3.05) is 12.8 Å². The molecular weight excluding hydrogens is 228 g/mol. The second-order valence-corrected chi connectivity index (χ2v) is 3.91. The molecule has 3 rings (SSSR count). The number of fused-ring (bicyclic) bond motifs is 1. The van der Waals surface area contributed by atoms with Crippen molar-refractivity contribution in [3.05, 3.63) is 42.7 Å². The van der Waals surface area contributed by atoms with Gasteiger partial charge < -0.3 is 10.5 Å². The topological polar surface area (TPSA) is 65.4 Å². The molecule has 0 unspecified atom stereocenters. The molecule has 0 atom stereocenters. The van der Waals surface area contributed by atoms with Crippen molar-refractivity contribution in [2.24, 2.45) is 0 Å². The zero-order chi connectivity index (χ0) is 12.5. The predicted octanol–water partition coefficient (Wildman–Crippen LogP) is 1.99. The van der Waals surface area contributed by atoms with E-state index < -0.39 is 0 Å². The quantitative estimate of drug-likeness (QED) is 0.744. The van der Waals surface area contributed by atoms with E-state index in [0.29, 0.717) is 5.82 Å². The maximum Gasteiger partial charge on any atom is 0.161 e. The van der Waals surface area contributed by atoms with Crippen molar-refractivity contribution >= 4 is 11.5 Å². The first-order valence-electron chi connectivity index (χ1n) is 5.52. The highest BCUT2D eigenvalue weighted by atomic mass is 16.5. The molecule has 18 heavy (non-hydrogen) atoms. The fraction of sp³-hybridized carbons (Fsp3) is 0.0769. The average Bonchev–Trinajstić information content (AvgIpc) is 2.86. The second-order valence-electron chi connectivity index (χ2n) is 3.91. The van der Waals surface area contributed by atoms with Crippen molar-refractivity contribution in [3.8, 4) is 16.9 Å². The van der Waals surface area contributed by atoms with E-state index >= 15 is 0 Å². The molecule has 2 heterocycles. The number of nitrogens with zero attached hydrogens (tertiary/aromatic N) is 3. The molecule has 0 bridgehead atoms. The van der Waals surface area contributed by atoms with Crippen molar-refractivity contribution in [1.29, 1.82) is 0 Å². The van der Waals surface area contributed by atoms with Crippen LogP contribution in [-0.4, -0.2) is 21.7 Å². The van der Waals surface area contributed by atoms with E-state index in [0.717, 1.165) is 22.5 Å². The molecular formula is C13H12N4O. The number of anilines is 1. The van der Waals surface area contributed by atoms with E-state index in [1.807, 2.05) is 30.3 Å². The molecule has 0 saturated carbocycles. The summed E-state index contributed by atoms with van der Waals surface area (Å²) in [6.45, 7) is 0. The van der Waals surface area contributed by atoms with E-state index in [1.165, 1.54) is 0 Å². The first kappa shape index (κ1) is 10.6. The Bertz CT molecular complexity index is 688. The Morgan fingerprint density at radius 2 is 2.00 bits per heavy atom. The number of aromatic nitrogens is 3. The van der Waals surface area contributed by atoms with Gasteiger partial charge in [0.15, 0.2) is 5.65 Å². The van der Waals surface area contributed by atoms with Gasteiger partial charge in [-0.05, 0) is 23.8 Å². The van der Waals surface area contributed by atoms with Gasteiger partial charge in [0.05, 0.1) is 7.11 Å². The molecule has 0 spiro atoms. The Balaban J connectivity index is 2.20. The normalized spacial score (nSPS) is 10.7. The Hall–Kier alpha value is -2.56. The van der Waals surface area contributed by atoms with Crippen LogP contribution < -0.4 is 10.5 Å². The Labute approximate surface area is 104 Å². The Kier molecular flexibility index (Phi) is 2.37. The number of methoxy groups -OCH3 is 1. The predicted molar refractivity (Wildman–Crippen MR) is 69.4 cm³/mol. The van der Waals surface area contributed by atoms with E-state index in [2.05, 4.69) is 10.1 Å². The molecule has 0 saturated heterocycles. The van der Waals surface area contributed by atoms with Crippen LogP contribution in [0.1, 0.15) is 0 Å². The van der Waals surface area contributed by atoms with Crippen LogP contribution in [0.2, 0.25) is 0 Å². The van der Waals surface area contributed by atoms with Crippen LogP contribution in [0, 0.1) is 0 Å². The number of benzene rings is 1. The minimum absolute atomic E-state index is 0.464. The highest BCUT2D eigenvalue weighted by Crippen LogP contribution is 2.26. The molecule has 0 fully saturated rings. The molecule has 2 N–H and O–H groups in total. The fourth-order valence-electron chi connectivity index (χ4n) is 1.92. The van der Waals surface area contributed by atoms with Crippen LogP contribution >= 0.6 is 0 Å². The maximum atomic E-state index is 5.79. The Morgan fingerprint density at radius 3 is 2.72 bits per heavy atom. The van der Waals surface area contributed by atoms with Crippen LogP contribution in [-0.2, 0) is 0 Å². The zero-order valence-electron chi connectivity index (χ0n) is 9.87. The summed E-state index contributed by atoms with van der Waals surface area (Å²) in [7, 11) is 1.65. The lowest BCUT2D eigenvalue weighted by Crippen LogP contribution is -1.99. The molecule has 1 aromatic carbocycles. The molecule has 5 nitrogen and oxygen atoms in total. The van der Waals surface area contributed by atoms with Gasteiger partial charge in [0, 0.05) is 18.0 Å². The molecule has 0 amide bonds. The lowest BCUT2D eigenvalue weighted by molar-refractivity contribution is 0.415. The van der Waals surface area contributed by atoms with E-state index in [-0.39, 0.29) is 0 Å². The Morgan fingerprint density at radius 1 is 1.22 bits per heavy atom. The van der Waals surface area contributed by atoms with Crippen molar-refractivity contribution in [2.45, 2.75) is 0 Å². The van der Waals surface area contributed by atoms with Gasteiger partial charge in [-0.3, -0.25) is 0 Å². The molecule has 0 aliphatic rings. The number of ether oxygens (including phenoxy) is 1. The fourth-order valence-corrected chi connectivity index (χ4v) is 1.92. The van der Waals surface area contributed by atoms with Crippen LogP contribution in [0.15, 0.2) is 42.7 Å². The van der Waals surface area contributed by atoms with Crippen LogP contribution in [0.3, 0.4) is 0 Å². The van der Waals surface area contributed by atoms with Gasteiger partial charge in [0.1, 0.15) is 11.6 Å². The van der Waals surface area contributed by atoms with Crippen LogP contribution in [0.5, 0.6) is 5.75 Å². The number of nitrogens with two attached hydrogens (primary N) is 1. The van der Waals surface area contributed by atoms with E-state index in [1.54, 1.807) is 24.0 Å². The lowest BCUT2D eigenvalue weighted by Gasteiger charge is -2.06. The molecule has 0 aliphatic carbocycles. The summed E-state index contributed by atoms with van der Waals surface area (Å²) in [5.41, 5.74) is 8.56. The van der Waals surface area contributed by atoms with Gasteiger partial charge in [-0.15, -0.1) is 5.10 Å². The number of imidazole rings is 1. The van der Waals surface area contributed by atoms with Crippen molar-refractivity contribution in [3.63, 3.8) is 0 Å². The second kappa shape index (κ2) is 4.03. The monoisotopic (exact) mass is 240 g/mol. The molecule has 5 heteroatoms. The van der Waals surface area contributed by atoms with E-state index in [4.69, 9.17) is 10.5 Å². The maximum absolute atomic E-state index is 5.79. The lowest BCUT2D eigenvalue weighted by atomic mass is 10.1. The van der Waals surface area contributed by atoms with Crippen LogP contribution in [0.4, 0.5) is 5.82 Å². The smallest absolute Gasteiger partial charge is 0.161 e. The van der Waals surface area contributed by atoms with Gasteiger partial charge in [-0.1, -0.05) is 12.1 Å². The summed E-state index contributed by atoms with van der Waals surface area (Å²) in [6.07, 6.45) is 3.48. The van der Waals surface area contributed by atoms with Crippen LogP contribution in [0.25, 0.3) is 16.8 Å². The molecule has 0 aliphatic heterocycles. The van der Waals surface area contributed by atoms with Crippen molar-refractivity contribution in [1.82, 2.24) is 14.6 Å². The third-order valence-electron chi connectivity index (χ3n) is 2.78. The largest absolute Gasteiger partial charge is 0.497 e. The SMILES string of the molecule is COc1ccc(-c2cc(N)nn3ccnc23)cc1. The summed E-state index contributed by atoms with van der Waals surface area (Å²) in [5.74, 6) is 1.28. The van der Waals surface area contributed by atoms with Gasteiger partial charge in [-0.25, -0.2) is 9.50 Å². The highest BCUT2D eigenvalue weighted by Gasteiger charge is 2.07. The summed E-state index contributed by atoms with van der Waals surface area (Å²) < 4.78 is 6.82. The first-order chi connectivity index (χ1) is 8.78. The number of hydrogen-bond acceptors (Lipinski definition) is 4. The first-order valence-corrected chi connectivity index (χ1v) is 5.52. The summed E-state index contributed by atoms with van der Waals surface area (Å²) in [4.78, 5) is 4.29. The third-order valence-corrected chi connectivity index (χ3v) is 2.78. The van der Waals surface area contributed by atoms with Crippen molar-refractivity contribution < 1.29 is 4.74 Å². The third kappa shape index (κ3) is 1.66. The minimum Gasteiger partial charge on any atom is -0.497 e. The van der Waals surface area contributed by atoms with Gasteiger partial charge >= 0.3 is 0 Å². The summed E-state index contributed by atoms with van der Waals surface area (Å²) in [6, 6.07) is 9.59. The standard InChI is InChI=1S/C13H12N4O/c1-18-10-4-2-9(3-5-10)11-8-12(14)16-17-7-6-15-13(11)17/h2-8H,1H3,(H2,14,16). The minimum atomic E-state index is 0.464. The number of nitrogen functional groups attached to an aromatic ring is 1. The van der Waals surface area contributed by atoms with E-state index in [9.17, 15) is 0 Å². The summed E-state index contributed by atoms with van der Waals surface area (Å²) >= 11 is 0. The van der Waals surface area contributed by atoms with Gasteiger partial charge in [-0.2, -0.15) is 0 Å². The average molecular weight is 240 g/mol. The molecule has 2 aromatic heterocycles. The highest BCUT2D eigenvalue weighted by molar-refractivity contribution is 5.79. The number of hydrogen-bond donors (Lipinski definition) is 1. The van der Waals surface area contributed by atoms with Gasteiger partial charge in [0.25, 0.3) is 0 Å². The number of rotatable bonds is 2.